The van der Waals surface area contributed by atoms with Gasteiger partial charge in [0.05, 0.1) is 12.2 Å². The van der Waals surface area contributed by atoms with Gasteiger partial charge in [-0.3, -0.25) is 4.79 Å². The highest BCUT2D eigenvalue weighted by Gasteiger charge is 2.35. The van der Waals surface area contributed by atoms with Gasteiger partial charge < -0.3 is 14.5 Å². The van der Waals surface area contributed by atoms with Gasteiger partial charge in [-0.15, -0.1) is 0 Å². The Balaban J connectivity index is 1.72. The Morgan fingerprint density at radius 3 is 2.09 bits per heavy atom. The highest BCUT2D eigenvalue weighted by Crippen LogP contribution is 2.24. The first kappa shape index (κ1) is 15.5. The molecule has 2 atom stereocenters. The van der Waals surface area contributed by atoms with Crippen LogP contribution in [-0.2, 0) is 10.2 Å². The summed E-state index contributed by atoms with van der Waals surface area (Å²) in [5.41, 5.74) is 2.15. The Bertz CT molecular complexity index is 529. The molecular formula is C18H26N2O2. The lowest BCUT2D eigenvalue weighted by atomic mass is 9.86. The van der Waals surface area contributed by atoms with Crippen molar-refractivity contribution in [2.24, 2.45) is 0 Å². The number of carbonyl (C=O) groups is 1. The number of rotatable bonds is 1. The molecule has 2 unspecified atom stereocenters. The van der Waals surface area contributed by atoms with Crippen molar-refractivity contribution in [2.75, 3.05) is 33.2 Å². The average Bonchev–Trinajstić information content (AvgIpc) is 2.44. The van der Waals surface area contributed by atoms with Crippen molar-refractivity contribution >= 4 is 5.91 Å². The van der Waals surface area contributed by atoms with Gasteiger partial charge in [0.1, 0.15) is 0 Å². The molecule has 1 aromatic carbocycles. The molecule has 0 spiro atoms. The third kappa shape index (κ3) is 3.18. The molecule has 4 nitrogen and oxygen atoms in total. The molecule has 2 saturated heterocycles. The van der Waals surface area contributed by atoms with Gasteiger partial charge in [-0.25, -0.2) is 0 Å². The van der Waals surface area contributed by atoms with Gasteiger partial charge in [0.25, 0.3) is 5.91 Å². The standard InChI is InChI=1S/C18H26N2O2/c1-18(2,3)14-7-5-13(6-8-14)17(21)20-11-15-9-19(4)10-16(12-20)22-15/h5-8,15-16H,9-12H2,1-4H3. The van der Waals surface area contributed by atoms with E-state index in [-0.39, 0.29) is 23.5 Å². The minimum absolute atomic E-state index is 0.113. The van der Waals surface area contributed by atoms with Crippen molar-refractivity contribution in [3.63, 3.8) is 0 Å². The monoisotopic (exact) mass is 302 g/mol. The number of morpholine rings is 2. The second-order valence-corrected chi connectivity index (χ2v) is 7.64. The number of likely N-dealkylation sites (N-methyl/N-ethyl adjacent to an activating group) is 1. The summed E-state index contributed by atoms with van der Waals surface area (Å²) in [7, 11) is 2.12. The van der Waals surface area contributed by atoms with Crippen LogP contribution in [0.3, 0.4) is 0 Å². The van der Waals surface area contributed by atoms with E-state index in [1.807, 2.05) is 17.0 Å². The maximum atomic E-state index is 12.7. The van der Waals surface area contributed by atoms with E-state index in [2.05, 4.69) is 44.9 Å². The molecule has 2 aliphatic rings. The van der Waals surface area contributed by atoms with Crippen LogP contribution in [-0.4, -0.2) is 61.1 Å². The zero-order valence-corrected chi connectivity index (χ0v) is 14.0. The minimum Gasteiger partial charge on any atom is -0.369 e. The van der Waals surface area contributed by atoms with Crippen LogP contribution in [0.1, 0.15) is 36.7 Å². The summed E-state index contributed by atoms with van der Waals surface area (Å²) in [5.74, 6) is 0.128. The van der Waals surface area contributed by atoms with E-state index in [1.54, 1.807) is 0 Å². The second kappa shape index (κ2) is 5.67. The molecule has 2 heterocycles. The summed E-state index contributed by atoms with van der Waals surface area (Å²) in [4.78, 5) is 17.0. The topological polar surface area (TPSA) is 32.8 Å². The zero-order chi connectivity index (χ0) is 15.9. The maximum Gasteiger partial charge on any atom is 0.254 e. The lowest BCUT2D eigenvalue weighted by molar-refractivity contribution is -0.124. The Labute approximate surface area is 133 Å². The molecule has 3 rings (SSSR count). The first-order valence-electron chi connectivity index (χ1n) is 8.07. The molecule has 0 saturated carbocycles. The van der Waals surface area contributed by atoms with E-state index >= 15 is 0 Å². The fourth-order valence-electron chi connectivity index (χ4n) is 3.36. The molecule has 0 radical (unpaired) electrons. The molecule has 2 bridgehead atoms. The van der Waals surface area contributed by atoms with Gasteiger partial charge >= 0.3 is 0 Å². The normalized spacial score (nSPS) is 26.1. The second-order valence-electron chi connectivity index (χ2n) is 7.64. The number of fused-ring (bicyclic) bond motifs is 2. The molecule has 0 N–H and O–H groups in total. The van der Waals surface area contributed by atoms with Crippen molar-refractivity contribution in [1.29, 1.82) is 0 Å². The summed E-state index contributed by atoms with van der Waals surface area (Å²) >= 11 is 0. The van der Waals surface area contributed by atoms with E-state index in [1.165, 1.54) is 5.56 Å². The summed E-state index contributed by atoms with van der Waals surface area (Å²) in [6, 6.07) is 8.06. The van der Waals surface area contributed by atoms with Crippen molar-refractivity contribution in [3.05, 3.63) is 35.4 Å². The quantitative estimate of drug-likeness (QED) is 0.797. The first-order valence-corrected chi connectivity index (χ1v) is 8.07. The molecular weight excluding hydrogens is 276 g/mol. The highest BCUT2D eigenvalue weighted by atomic mass is 16.5. The van der Waals surface area contributed by atoms with Crippen LogP contribution in [0, 0.1) is 0 Å². The van der Waals surface area contributed by atoms with Crippen LogP contribution in [0.5, 0.6) is 0 Å². The summed E-state index contributed by atoms with van der Waals surface area (Å²) in [6.07, 6.45) is 0.297. The molecule has 120 valence electrons. The summed E-state index contributed by atoms with van der Waals surface area (Å²) in [6.45, 7) is 9.75. The predicted octanol–water partition coefficient (Wildman–Crippen LogP) is 2.14. The Kier molecular flexibility index (Phi) is 4.00. The van der Waals surface area contributed by atoms with Crippen LogP contribution in [0.15, 0.2) is 24.3 Å². The fourth-order valence-corrected chi connectivity index (χ4v) is 3.36. The van der Waals surface area contributed by atoms with E-state index in [0.29, 0.717) is 13.1 Å². The van der Waals surface area contributed by atoms with Crippen LogP contribution >= 0.6 is 0 Å². The third-order valence-corrected chi connectivity index (χ3v) is 4.55. The van der Waals surface area contributed by atoms with E-state index in [4.69, 9.17) is 4.74 Å². The number of hydrogen-bond acceptors (Lipinski definition) is 3. The Hall–Kier alpha value is -1.39. The van der Waals surface area contributed by atoms with Crippen LogP contribution < -0.4 is 0 Å². The molecule has 22 heavy (non-hydrogen) atoms. The van der Waals surface area contributed by atoms with Gasteiger partial charge in [-0.1, -0.05) is 32.9 Å². The average molecular weight is 302 g/mol. The highest BCUT2D eigenvalue weighted by molar-refractivity contribution is 5.94. The summed E-state index contributed by atoms with van der Waals surface area (Å²) in [5, 5.41) is 0. The van der Waals surface area contributed by atoms with Crippen molar-refractivity contribution in [1.82, 2.24) is 9.80 Å². The van der Waals surface area contributed by atoms with E-state index < -0.39 is 0 Å². The fraction of sp³-hybridized carbons (Fsp3) is 0.611. The van der Waals surface area contributed by atoms with Gasteiger partial charge in [0.15, 0.2) is 0 Å². The molecule has 0 aromatic heterocycles. The third-order valence-electron chi connectivity index (χ3n) is 4.55. The van der Waals surface area contributed by atoms with Crippen molar-refractivity contribution < 1.29 is 9.53 Å². The number of hydrogen-bond donors (Lipinski definition) is 0. The predicted molar refractivity (Wildman–Crippen MR) is 87.2 cm³/mol. The van der Waals surface area contributed by atoms with Gasteiger partial charge in [0.2, 0.25) is 0 Å². The van der Waals surface area contributed by atoms with E-state index in [0.717, 1.165) is 18.7 Å². The molecule has 1 amide bonds. The molecule has 1 aromatic rings. The van der Waals surface area contributed by atoms with Crippen molar-refractivity contribution in [3.8, 4) is 0 Å². The largest absolute Gasteiger partial charge is 0.369 e. The molecule has 2 fully saturated rings. The number of carbonyl (C=O) groups excluding carboxylic acids is 1. The Morgan fingerprint density at radius 2 is 1.59 bits per heavy atom. The number of ether oxygens (including phenoxy) is 1. The minimum atomic E-state index is 0.113. The number of benzene rings is 1. The Morgan fingerprint density at radius 1 is 1.05 bits per heavy atom. The molecule has 2 aliphatic heterocycles. The van der Waals surface area contributed by atoms with Crippen LogP contribution in [0.2, 0.25) is 0 Å². The lowest BCUT2D eigenvalue weighted by Gasteiger charge is -2.44. The van der Waals surface area contributed by atoms with Crippen molar-refractivity contribution in [2.45, 2.75) is 38.4 Å². The SMILES string of the molecule is CN1CC2CN(C(=O)c3ccc(C(C)(C)C)cc3)CC(C1)O2. The van der Waals surface area contributed by atoms with Crippen LogP contribution in [0.4, 0.5) is 0 Å². The number of nitrogens with zero attached hydrogens (tertiary/aromatic N) is 2. The molecule has 0 aliphatic carbocycles. The smallest absolute Gasteiger partial charge is 0.254 e. The van der Waals surface area contributed by atoms with Gasteiger partial charge in [-0.05, 0) is 30.2 Å². The first-order chi connectivity index (χ1) is 10.3. The number of amides is 1. The summed E-state index contributed by atoms with van der Waals surface area (Å²) < 4.78 is 5.94. The molecule has 4 heteroatoms. The van der Waals surface area contributed by atoms with Crippen LogP contribution in [0.25, 0.3) is 0 Å². The lowest BCUT2D eigenvalue weighted by Crippen LogP contribution is -2.59. The van der Waals surface area contributed by atoms with Gasteiger partial charge in [0, 0.05) is 31.7 Å². The zero-order valence-electron chi connectivity index (χ0n) is 14.0. The van der Waals surface area contributed by atoms with Gasteiger partial charge in [-0.2, -0.15) is 0 Å². The maximum absolute atomic E-state index is 12.7. The van der Waals surface area contributed by atoms with E-state index in [9.17, 15) is 4.79 Å².